The number of alkyl halides is 2. The molecule has 6 heterocycles. The van der Waals surface area contributed by atoms with Crippen molar-refractivity contribution in [3.8, 4) is 0 Å². The largest absolute Gasteiger partial charge is 0.366 e. The number of hydrogen-bond donors (Lipinski definition) is 1. The summed E-state index contributed by atoms with van der Waals surface area (Å²) in [6.07, 6.45) is 4.11. The summed E-state index contributed by atoms with van der Waals surface area (Å²) >= 11 is 0. The van der Waals surface area contributed by atoms with Gasteiger partial charge in [0.2, 0.25) is 0 Å². The number of hydrogen-bond acceptors (Lipinski definition) is 6. The second-order valence-corrected chi connectivity index (χ2v) is 10.3. The van der Waals surface area contributed by atoms with E-state index in [1.807, 2.05) is 0 Å². The van der Waals surface area contributed by atoms with E-state index in [1.54, 1.807) is 0 Å². The van der Waals surface area contributed by atoms with Crippen LogP contribution in [0.4, 0.5) is 20.3 Å². The smallest absolute Gasteiger partial charge is 0.280 e. The molecule has 0 saturated carbocycles. The van der Waals surface area contributed by atoms with E-state index < -0.39 is 6.43 Å². The fraction of sp³-hybridized carbons (Fsp3) is 0.720. The Morgan fingerprint density at radius 1 is 1.15 bits per heavy atom. The lowest BCUT2D eigenvalue weighted by atomic mass is 9.85. The van der Waals surface area contributed by atoms with Crippen molar-refractivity contribution in [1.82, 2.24) is 15.2 Å². The molecular formula is C25H35F2N5O. The second kappa shape index (κ2) is 8.47. The zero-order valence-electron chi connectivity index (χ0n) is 19.5. The highest BCUT2D eigenvalue weighted by Crippen LogP contribution is 2.44. The third kappa shape index (κ3) is 3.65. The van der Waals surface area contributed by atoms with E-state index in [1.165, 1.54) is 5.57 Å². The number of piperidine rings is 1. The van der Waals surface area contributed by atoms with Gasteiger partial charge in [0, 0.05) is 75.2 Å². The minimum Gasteiger partial charge on any atom is -0.366 e. The van der Waals surface area contributed by atoms with E-state index in [2.05, 4.69) is 44.1 Å². The van der Waals surface area contributed by atoms with Gasteiger partial charge in [0.05, 0.1) is 12.2 Å². The predicted molar refractivity (Wildman–Crippen MR) is 125 cm³/mol. The number of pyridine rings is 1. The predicted octanol–water partition coefficient (Wildman–Crippen LogP) is 3.13. The fourth-order valence-corrected chi connectivity index (χ4v) is 6.69. The molecule has 0 bridgehead atoms. The summed E-state index contributed by atoms with van der Waals surface area (Å²) in [5.41, 5.74) is 2.95. The molecule has 1 spiro atoms. The van der Waals surface area contributed by atoms with Crippen LogP contribution in [0, 0.1) is 0 Å². The van der Waals surface area contributed by atoms with Crippen molar-refractivity contribution < 1.29 is 13.5 Å². The Bertz CT molecular complexity index is 924. The summed E-state index contributed by atoms with van der Waals surface area (Å²) in [7, 11) is 0. The number of halogens is 2. The molecule has 180 valence electrons. The molecule has 8 heteroatoms. The molecule has 1 aromatic heterocycles. The molecule has 0 aromatic carbocycles. The summed E-state index contributed by atoms with van der Waals surface area (Å²) in [6, 6.07) is 3.08. The van der Waals surface area contributed by atoms with Crippen LogP contribution in [0.5, 0.6) is 0 Å². The molecule has 6 nitrogen and oxygen atoms in total. The molecule has 0 amide bonds. The summed E-state index contributed by atoms with van der Waals surface area (Å²) in [5.74, 6) is 0.713. The Kier molecular flexibility index (Phi) is 5.58. The first-order chi connectivity index (χ1) is 16.1. The lowest BCUT2D eigenvalue weighted by molar-refractivity contribution is -0.000390. The highest BCUT2D eigenvalue weighted by molar-refractivity contribution is 5.66. The summed E-state index contributed by atoms with van der Waals surface area (Å²) in [4.78, 5) is 11.8. The molecule has 3 fully saturated rings. The molecule has 6 rings (SSSR count). The van der Waals surface area contributed by atoms with Crippen molar-refractivity contribution in [3.05, 3.63) is 29.0 Å². The second-order valence-electron chi connectivity index (χ2n) is 10.3. The zero-order chi connectivity index (χ0) is 22.6. The number of rotatable bonds is 3. The highest BCUT2D eigenvalue weighted by atomic mass is 19.3. The van der Waals surface area contributed by atoms with E-state index in [-0.39, 0.29) is 11.3 Å². The molecule has 1 aromatic rings. The lowest BCUT2D eigenvalue weighted by Gasteiger charge is -2.54. The molecule has 5 aliphatic rings. The summed E-state index contributed by atoms with van der Waals surface area (Å²) in [5, 5.41) is 3.44. The number of nitrogens with one attached hydrogen (secondary N) is 1. The van der Waals surface area contributed by atoms with Crippen LogP contribution in [-0.2, 0) is 11.2 Å². The molecule has 1 N–H and O–H groups in total. The monoisotopic (exact) mass is 459 g/mol. The Morgan fingerprint density at radius 3 is 2.64 bits per heavy atom. The molecule has 0 aliphatic carbocycles. The molecular weight excluding hydrogens is 424 g/mol. The minimum absolute atomic E-state index is 0.00209. The molecule has 3 saturated heterocycles. The average Bonchev–Trinajstić information content (AvgIpc) is 3.09. The average molecular weight is 460 g/mol. The maximum Gasteiger partial charge on any atom is 0.280 e. The van der Waals surface area contributed by atoms with Crippen LogP contribution >= 0.6 is 0 Å². The normalized spacial score (nSPS) is 29.5. The van der Waals surface area contributed by atoms with Crippen LogP contribution in [0.3, 0.4) is 0 Å². The lowest BCUT2D eigenvalue weighted by Crippen LogP contribution is -2.69. The van der Waals surface area contributed by atoms with Gasteiger partial charge in [-0.3, -0.25) is 4.90 Å². The zero-order valence-corrected chi connectivity index (χ0v) is 19.5. The first-order valence-corrected chi connectivity index (χ1v) is 12.7. The Labute approximate surface area is 195 Å². The first-order valence-electron chi connectivity index (χ1n) is 12.7. The van der Waals surface area contributed by atoms with Crippen molar-refractivity contribution >= 4 is 11.5 Å². The van der Waals surface area contributed by atoms with Gasteiger partial charge >= 0.3 is 0 Å². The van der Waals surface area contributed by atoms with Gasteiger partial charge in [-0.25, -0.2) is 13.8 Å². The Balaban J connectivity index is 1.27. The van der Waals surface area contributed by atoms with E-state index in [0.29, 0.717) is 30.9 Å². The van der Waals surface area contributed by atoms with E-state index in [0.717, 1.165) is 82.7 Å². The molecule has 0 radical (unpaired) electrons. The van der Waals surface area contributed by atoms with Gasteiger partial charge in [-0.1, -0.05) is 6.08 Å². The topological polar surface area (TPSA) is 43.9 Å². The van der Waals surface area contributed by atoms with E-state index in [4.69, 9.17) is 4.74 Å². The number of piperazine rings is 1. The quantitative estimate of drug-likeness (QED) is 0.701. The SMILES string of the molecule is CC1=CCOC12CCN(c1cc3c(c(C(F)F)n1)CCCC1[C@H](N4CCNCC4)CN31)CC2. The van der Waals surface area contributed by atoms with Crippen molar-refractivity contribution in [2.45, 2.75) is 63.1 Å². The van der Waals surface area contributed by atoms with Crippen molar-refractivity contribution in [2.24, 2.45) is 0 Å². The number of nitrogens with zero attached hydrogens (tertiary/aromatic N) is 4. The van der Waals surface area contributed by atoms with Crippen molar-refractivity contribution in [3.63, 3.8) is 0 Å². The van der Waals surface area contributed by atoms with Gasteiger partial charge in [-0.2, -0.15) is 0 Å². The van der Waals surface area contributed by atoms with E-state index in [9.17, 15) is 8.78 Å². The van der Waals surface area contributed by atoms with Crippen LogP contribution in [-0.4, -0.2) is 80.0 Å². The molecule has 2 atom stereocenters. The fourth-order valence-electron chi connectivity index (χ4n) is 6.69. The highest BCUT2D eigenvalue weighted by Gasteiger charge is 2.45. The number of aromatic nitrogens is 1. The number of ether oxygens (including phenoxy) is 1. The van der Waals surface area contributed by atoms with Crippen molar-refractivity contribution in [2.75, 3.05) is 62.2 Å². The standard InChI is InChI=1S/C25H35F2N5O/c1-17-5-14-33-25(17)6-10-31(11-7-25)22-15-20-18(23(29-22)24(26)27)3-2-4-19-21(16-32(19)20)30-12-8-28-9-13-30/h5,15,19,21,24,28H,2-4,6-14,16H2,1H3/t19?,21-/m1/s1. The molecule has 5 aliphatic heterocycles. The van der Waals surface area contributed by atoms with Gasteiger partial charge in [-0.05, 0) is 44.6 Å². The van der Waals surface area contributed by atoms with Crippen LogP contribution in [0.25, 0.3) is 0 Å². The Hall–Kier alpha value is -1.77. The van der Waals surface area contributed by atoms with Gasteiger partial charge < -0.3 is 19.9 Å². The Morgan fingerprint density at radius 2 is 1.94 bits per heavy atom. The third-order valence-electron chi connectivity index (χ3n) is 8.77. The van der Waals surface area contributed by atoms with Gasteiger partial charge in [0.15, 0.2) is 0 Å². The maximum atomic E-state index is 14.2. The maximum absolute atomic E-state index is 14.2. The van der Waals surface area contributed by atoms with E-state index >= 15 is 0 Å². The summed E-state index contributed by atoms with van der Waals surface area (Å²) in [6.45, 7) is 9.58. The van der Waals surface area contributed by atoms with Crippen LogP contribution < -0.4 is 15.1 Å². The van der Waals surface area contributed by atoms with Crippen molar-refractivity contribution in [1.29, 1.82) is 0 Å². The van der Waals surface area contributed by atoms with Crippen LogP contribution in [0.1, 0.15) is 50.3 Å². The minimum atomic E-state index is -2.54. The van der Waals surface area contributed by atoms with Gasteiger partial charge in [-0.15, -0.1) is 0 Å². The molecule has 1 unspecified atom stereocenters. The summed E-state index contributed by atoms with van der Waals surface area (Å²) < 4.78 is 34.5. The van der Waals surface area contributed by atoms with Crippen LogP contribution in [0.15, 0.2) is 17.7 Å². The molecule has 33 heavy (non-hydrogen) atoms. The number of fused-ring (bicyclic) bond motifs is 3. The van der Waals surface area contributed by atoms with Gasteiger partial charge in [0.1, 0.15) is 11.5 Å². The first kappa shape index (κ1) is 21.7. The number of anilines is 2. The third-order valence-corrected chi connectivity index (χ3v) is 8.77. The van der Waals surface area contributed by atoms with Gasteiger partial charge in [0.25, 0.3) is 6.43 Å². The van der Waals surface area contributed by atoms with Crippen LogP contribution in [0.2, 0.25) is 0 Å².